The Balaban J connectivity index is 0.000000489. The molecule has 0 aromatic heterocycles. The number of anilines is 4. The number of nitro groups is 8. The summed E-state index contributed by atoms with van der Waals surface area (Å²) in [6, 6.07) is 25.0. The number of nitrogens with one attached hydrogen (secondary N) is 2. The summed E-state index contributed by atoms with van der Waals surface area (Å²) in [7, 11) is -15.8. The van der Waals surface area contributed by atoms with Crippen molar-refractivity contribution in [1.82, 2.24) is 0 Å². The van der Waals surface area contributed by atoms with Gasteiger partial charge >= 0.3 is 107 Å². The SMILES string of the molecule is O=[N+]([O-])c1cc(N=Nc2cc(N=Nc3ccc(Nc4ccc([N+](=O)[O-])cc4S(=O)(=O)[O-])cc3)c(O)c(N=Nc3ccc([N+](=O)[O-])c(S(=O)(=O)[O-])c3)c2[O-])c([O-])c([N+](=O)[O-])c1.O=[N+]([O-])c1ccc(N=Nc2c([O-])c(N=Nc3cc([N+](=O)[O-])cc([N+](=O)[O-])c3[O-])cc(N=Nc3ccc(Nc4ccc([N+](=O)[O-])cc4S(=O)(=O)[O-])cc3)c2O)cc1.[Cr+3].[H+].[Na+].[Na+].[Na+]. The molecule has 0 saturated heterocycles. The van der Waals surface area contributed by atoms with E-state index >= 15 is 0 Å². The van der Waals surface area contributed by atoms with Crippen molar-refractivity contribution in [2.24, 2.45) is 61.4 Å². The average molecular weight is 1770 g/mol. The minimum atomic E-state index is -5.46. The fourth-order valence-corrected chi connectivity index (χ4v) is 11.1. The summed E-state index contributed by atoms with van der Waals surface area (Å²) in [6.45, 7) is 0. The van der Waals surface area contributed by atoms with Gasteiger partial charge in [0.05, 0.1) is 118 Å². The van der Waals surface area contributed by atoms with Gasteiger partial charge in [-0.25, -0.2) is 25.3 Å². The molecular weight excluding hydrogens is 1740 g/mol. The van der Waals surface area contributed by atoms with Gasteiger partial charge in [-0.3, -0.25) is 80.9 Å². The molecule has 10 aromatic carbocycles. The number of nitro benzene ring substituents is 8. The maximum atomic E-state index is 13.4. The van der Waals surface area contributed by atoms with Crippen LogP contribution in [0.5, 0.6) is 34.5 Å². The number of phenolic OH excluding ortho intramolecular Hbond substituents is 2. The van der Waals surface area contributed by atoms with Gasteiger partial charge in [-0.2, -0.15) is 40.9 Å². The number of hydrogen-bond acceptors (Lipinski definition) is 45. The Morgan fingerprint density at radius 2 is 0.567 bits per heavy atom. The second kappa shape index (κ2) is 40.7. The van der Waals surface area contributed by atoms with Gasteiger partial charge < -0.3 is 54.9 Å². The van der Waals surface area contributed by atoms with Crippen molar-refractivity contribution in [2.75, 3.05) is 10.6 Å². The van der Waals surface area contributed by atoms with Crippen molar-refractivity contribution in [2.45, 2.75) is 14.7 Å². The van der Waals surface area contributed by atoms with Crippen LogP contribution in [0.1, 0.15) is 1.43 Å². The largest absolute Gasteiger partial charge is 3.00 e. The summed E-state index contributed by atoms with van der Waals surface area (Å²) < 4.78 is 105. The molecule has 0 atom stereocenters. The van der Waals surface area contributed by atoms with Crippen molar-refractivity contribution >= 4 is 167 Å². The fourth-order valence-electron chi connectivity index (χ4n) is 9.13. The summed E-state index contributed by atoms with van der Waals surface area (Å²) in [5.41, 5.74) is -14.5. The molecule has 10 aromatic rings. The smallest absolute Gasteiger partial charge is 0.869 e. The molecule has 0 saturated carbocycles. The molecule has 0 aliphatic heterocycles. The molecule has 0 aliphatic rings. The van der Waals surface area contributed by atoms with E-state index < -0.39 is 210 Å². The van der Waals surface area contributed by atoms with Crippen LogP contribution in [0.4, 0.5) is 136 Å². The van der Waals surface area contributed by atoms with Crippen LogP contribution in [0, 0.1) is 80.9 Å². The van der Waals surface area contributed by atoms with Gasteiger partial charge in [-0.1, -0.05) is 0 Å². The van der Waals surface area contributed by atoms with Gasteiger partial charge in [-0.15, -0.1) is 20.5 Å². The fraction of sp³-hybridized carbons (Fsp3) is 0. The van der Waals surface area contributed by atoms with Crippen LogP contribution in [0.25, 0.3) is 0 Å². The summed E-state index contributed by atoms with van der Waals surface area (Å²) in [5.74, 6) is -7.47. The number of phenols is 2. The second-order valence-corrected chi connectivity index (χ2v) is 26.0. The van der Waals surface area contributed by atoms with Gasteiger partial charge in [0.25, 0.3) is 45.5 Å². The minimum absolute atomic E-state index is 0. The molecule has 0 unspecified atom stereocenters. The van der Waals surface area contributed by atoms with Gasteiger partial charge in [0.15, 0.2) is 11.5 Å². The molecule has 1 radical (unpaired) electrons. The molecule has 0 aliphatic carbocycles. The van der Waals surface area contributed by atoms with Crippen LogP contribution in [0.3, 0.4) is 0 Å². The van der Waals surface area contributed by atoms with Gasteiger partial charge in [-0.05, 0) is 109 Å². The first-order valence-corrected chi connectivity index (χ1v) is 34.3. The van der Waals surface area contributed by atoms with Crippen molar-refractivity contribution in [3.05, 3.63) is 245 Å². The molecule has 53 nitrogen and oxygen atoms in total. The number of benzene rings is 10. The molecule has 60 heteroatoms. The van der Waals surface area contributed by atoms with E-state index in [1.54, 1.807) is 0 Å². The first kappa shape index (κ1) is 97.2. The summed E-state index contributed by atoms with van der Waals surface area (Å²) >= 11 is 0. The number of nitrogens with zero attached hydrogens (tertiary/aromatic N) is 20. The number of non-ortho nitro benzene ring substituents is 5. The third-order valence-electron chi connectivity index (χ3n) is 14.5. The van der Waals surface area contributed by atoms with E-state index in [4.69, 9.17) is 0 Å². The van der Waals surface area contributed by atoms with E-state index in [2.05, 4.69) is 72.0 Å². The van der Waals surface area contributed by atoms with Crippen molar-refractivity contribution < 1.29 is 216 Å². The van der Waals surface area contributed by atoms with E-state index in [0.29, 0.717) is 54.6 Å². The predicted molar refractivity (Wildman–Crippen MR) is 375 cm³/mol. The number of hydrogen-bond donors (Lipinski definition) is 4. The molecule has 0 heterocycles. The first-order valence-electron chi connectivity index (χ1n) is 30.1. The molecule has 10 rings (SSSR count). The molecule has 595 valence electrons. The van der Waals surface area contributed by atoms with Crippen LogP contribution in [-0.4, -0.2) is 88.5 Å². The summed E-state index contributed by atoms with van der Waals surface area (Å²) in [5, 5.41) is 213. The number of rotatable bonds is 27. The maximum Gasteiger partial charge on any atom is 3.00 e. The van der Waals surface area contributed by atoms with E-state index in [9.17, 15) is 150 Å². The van der Waals surface area contributed by atoms with Crippen LogP contribution < -0.4 is 120 Å². The Morgan fingerprint density at radius 1 is 0.283 bits per heavy atom. The zero-order chi connectivity index (χ0) is 85.2. The zero-order valence-electron chi connectivity index (χ0n) is 60.4. The standard InChI is InChI=1S/C30H19N11O17S2.C30H19N11O14S.Cr.3Na/c42-28-20(10-18(39(47)48)11-24(28)41(51)52)35-36-22-13-21(29(43)27(30(22)44)37-33-16-5-8-23(40(49)50)26(9-16)60(56,57)58)34-32-15-3-1-14(2-4-15)31-19-7-6-17(38(45)46)12-25(19)59(53,54)55;42-28-22(11-20(40(49)50)12-25(28)41(51)52)35-36-24-14-23(29(43)27(30(24)44)37-33-17-5-7-18(8-6-17)38(45)46)34-32-16-3-1-15(2-4-16)31-21-10-9-19(39(47)48)13-26(21)56(53,54)55;;;;/h1-13,31,42-44H,(H,53,54,55)(H,56,57,58);1-14,31,42-44H,(H,53,54,55);;;;/q;;+3;3*+1/p-6. The average Bonchev–Trinajstić information content (AvgIpc) is 0.781. The van der Waals surface area contributed by atoms with Crippen molar-refractivity contribution in [3.8, 4) is 34.5 Å². The normalized spacial score (nSPS) is 11.4. The Morgan fingerprint density at radius 3 is 0.883 bits per heavy atom. The van der Waals surface area contributed by atoms with Crippen LogP contribution in [0.2, 0.25) is 0 Å². The Labute approximate surface area is 742 Å². The quantitative estimate of drug-likeness (QED) is 0.0185. The Hall–Kier alpha value is -13.3. The van der Waals surface area contributed by atoms with E-state index in [-0.39, 0.29) is 153 Å². The van der Waals surface area contributed by atoms with Gasteiger partial charge in [0, 0.05) is 77.5 Å². The topological polar surface area (TPSA) is 822 Å². The van der Waals surface area contributed by atoms with Crippen molar-refractivity contribution in [1.29, 1.82) is 0 Å². The van der Waals surface area contributed by atoms with Gasteiger partial charge in [0.1, 0.15) is 58.0 Å². The number of azo groups is 6. The first-order chi connectivity index (χ1) is 54.5. The second-order valence-electron chi connectivity index (χ2n) is 22.0. The van der Waals surface area contributed by atoms with E-state index in [0.717, 1.165) is 48.5 Å². The minimum Gasteiger partial charge on any atom is -0.869 e. The Kier molecular flexibility index (Phi) is 33.0. The van der Waals surface area contributed by atoms with Crippen LogP contribution >= 0.6 is 0 Å². The van der Waals surface area contributed by atoms with E-state index in [1.165, 1.54) is 60.7 Å². The third kappa shape index (κ3) is 24.2. The van der Waals surface area contributed by atoms with E-state index in [1.807, 2.05) is 0 Å². The molecule has 0 fully saturated rings. The maximum absolute atomic E-state index is 13.4. The Bertz CT molecular complexity index is 6390. The molecule has 120 heavy (non-hydrogen) atoms. The molecule has 0 amide bonds. The van der Waals surface area contributed by atoms with Crippen LogP contribution in [-0.2, 0) is 47.7 Å². The number of aromatic hydroxyl groups is 2. The third-order valence-corrected chi connectivity index (χ3v) is 17.1. The molecule has 4 N–H and O–H groups in total. The zero-order valence-corrected chi connectivity index (χ0v) is 69.1. The molecular formula is C60H32CrN22Na3O31S3. The summed E-state index contributed by atoms with van der Waals surface area (Å²) in [6.07, 6.45) is 0. The monoisotopic (exact) mass is 1770 g/mol. The molecule has 0 spiro atoms. The predicted octanol–water partition coefficient (Wildman–Crippen LogP) is 4.16. The van der Waals surface area contributed by atoms with Gasteiger partial charge in [0.2, 0.25) is 0 Å². The van der Waals surface area contributed by atoms with Crippen molar-refractivity contribution in [3.63, 3.8) is 0 Å². The summed E-state index contributed by atoms with van der Waals surface area (Å²) in [4.78, 5) is 78.3. The van der Waals surface area contributed by atoms with Crippen LogP contribution in [0.15, 0.2) is 240 Å². The molecule has 0 bridgehead atoms.